The van der Waals surface area contributed by atoms with Crippen molar-refractivity contribution in [1.29, 1.82) is 0 Å². The summed E-state index contributed by atoms with van der Waals surface area (Å²) in [5.74, 6) is -2.38. The first-order valence-electron chi connectivity index (χ1n) is 7.13. The Labute approximate surface area is 123 Å². The van der Waals surface area contributed by atoms with Gasteiger partial charge in [-0.1, -0.05) is 25.0 Å². The molecule has 0 spiro atoms. The van der Waals surface area contributed by atoms with Crippen LogP contribution >= 0.6 is 0 Å². The molecule has 0 bridgehead atoms. The predicted octanol–water partition coefficient (Wildman–Crippen LogP) is 2.72. The number of nitrogens with one attached hydrogen (secondary N) is 1. The monoisotopic (exact) mass is 289 g/mol. The van der Waals surface area contributed by atoms with E-state index in [1.807, 2.05) is 0 Å². The number of carbonyl (C=O) groups excluding carboxylic acids is 2. The van der Waals surface area contributed by atoms with Crippen molar-refractivity contribution in [3.63, 3.8) is 0 Å². The fraction of sp³-hybridized carbons (Fsp3) is 0.438. The number of rotatable bonds is 4. The predicted molar refractivity (Wildman–Crippen MR) is 78.2 cm³/mol. The Morgan fingerprint density at radius 2 is 1.81 bits per heavy atom. The van der Waals surface area contributed by atoms with Gasteiger partial charge in [0, 0.05) is 11.3 Å². The summed E-state index contributed by atoms with van der Waals surface area (Å²) in [6.45, 7) is 1.46. The first-order valence-corrected chi connectivity index (χ1v) is 7.13. The molecule has 5 heteroatoms. The lowest BCUT2D eigenvalue weighted by Gasteiger charge is -2.27. The highest BCUT2D eigenvalue weighted by Gasteiger charge is 2.35. The molecule has 0 aromatic heterocycles. The van der Waals surface area contributed by atoms with Gasteiger partial charge in [-0.05, 0) is 31.9 Å². The van der Waals surface area contributed by atoms with Crippen LogP contribution in [0.5, 0.6) is 0 Å². The average Bonchev–Trinajstić information content (AvgIpc) is 2.47. The molecule has 2 N–H and O–H groups in total. The second kappa shape index (κ2) is 6.52. The van der Waals surface area contributed by atoms with Gasteiger partial charge in [-0.2, -0.15) is 0 Å². The van der Waals surface area contributed by atoms with E-state index in [-0.39, 0.29) is 11.7 Å². The van der Waals surface area contributed by atoms with Gasteiger partial charge in [0.2, 0.25) is 5.91 Å². The van der Waals surface area contributed by atoms with Crippen LogP contribution in [0.1, 0.15) is 43.0 Å². The smallest absolute Gasteiger partial charge is 0.307 e. The molecule has 1 amide bonds. The summed E-state index contributed by atoms with van der Waals surface area (Å²) in [5, 5.41) is 12.0. The van der Waals surface area contributed by atoms with Crippen LogP contribution < -0.4 is 5.32 Å². The Bertz CT molecular complexity index is 567. The minimum absolute atomic E-state index is 0.0767. The first kappa shape index (κ1) is 15.2. The second-order valence-electron chi connectivity index (χ2n) is 5.46. The molecule has 1 aliphatic carbocycles. The average molecular weight is 289 g/mol. The zero-order chi connectivity index (χ0) is 15.4. The highest BCUT2D eigenvalue weighted by atomic mass is 16.4. The number of Topliss-reactive ketones (excluding diaryl/α,β-unsaturated/α-hetero) is 1. The van der Waals surface area contributed by atoms with Gasteiger partial charge < -0.3 is 10.4 Å². The van der Waals surface area contributed by atoms with Crippen molar-refractivity contribution in [2.24, 2.45) is 11.8 Å². The number of amides is 1. The quantitative estimate of drug-likeness (QED) is 0.835. The zero-order valence-corrected chi connectivity index (χ0v) is 12.0. The summed E-state index contributed by atoms with van der Waals surface area (Å²) >= 11 is 0. The number of carbonyl (C=O) groups is 3. The third kappa shape index (κ3) is 3.68. The Morgan fingerprint density at radius 3 is 2.43 bits per heavy atom. The molecule has 0 saturated heterocycles. The molecule has 21 heavy (non-hydrogen) atoms. The molecule has 1 saturated carbocycles. The van der Waals surface area contributed by atoms with Gasteiger partial charge in [0.05, 0.1) is 11.8 Å². The van der Waals surface area contributed by atoms with Gasteiger partial charge in [0.25, 0.3) is 0 Å². The summed E-state index contributed by atoms with van der Waals surface area (Å²) in [6, 6.07) is 6.68. The van der Waals surface area contributed by atoms with Crippen molar-refractivity contribution >= 4 is 23.3 Å². The van der Waals surface area contributed by atoms with Crippen LogP contribution in [0.15, 0.2) is 24.3 Å². The lowest BCUT2D eigenvalue weighted by Crippen LogP contribution is -2.36. The van der Waals surface area contributed by atoms with Gasteiger partial charge in [-0.3, -0.25) is 14.4 Å². The van der Waals surface area contributed by atoms with Gasteiger partial charge in [-0.25, -0.2) is 0 Å². The summed E-state index contributed by atoms with van der Waals surface area (Å²) in [5.41, 5.74) is 1.05. The molecule has 1 aliphatic rings. The third-order valence-electron chi connectivity index (χ3n) is 3.96. The molecule has 0 aliphatic heterocycles. The normalized spacial score (nSPS) is 21.6. The van der Waals surface area contributed by atoms with E-state index < -0.39 is 17.8 Å². The Balaban J connectivity index is 2.11. The largest absolute Gasteiger partial charge is 0.481 e. The van der Waals surface area contributed by atoms with Crippen molar-refractivity contribution in [3.05, 3.63) is 29.8 Å². The SMILES string of the molecule is CC(=O)c1cccc(NC(=O)[C@@H]2CCCC[C@H]2C(=O)O)c1. The van der Waals surface area contributed by atoms with E-state index in [4.69, 9.17) is 0 Å². The van der Waals surface area contributed by atoms with Crippen molar-refractivity contribution in [2.75, 3.05) is 5.32 Å². The molecule has 0 unspecified atom stereocenters. The highest BCUT2D eigenvalue weighted by molar-refractivity contribution is 5.98. The van der Waals surface area contributed by atoms with Gasteiger partial charge in [-0.15, -0.1) is 0 Å². The summed E-state index contributed by atoms with van der Waals surface area (Å²) in [6.07, 6.45) is 2.85. The van der Waals surface area contributed by atoms with Gasteiger partial charge in [0.15, 0.2) is 5.78 Å². The number of ketones is 1. The highest BCUT2D eigenvalue weighted by Crippen LogP contribution is 2.31. The number of hydrogen-bond acceptors (Lipinski definition) is 3. The molecule has 1 fully saturated rings. The standard InChI is InChI=1S/C16H19NO4/c1-10(18)11-5-4-6-12(9-11)17-15(19)13-7-2-3-8-14(13)16(20)21/h4-6,9,13-14H,2-3,7-8H2,1H3,(H,17,19)(H,20,21)/t13-,14-/m1/s1. The summed E-state index contributed by atoms with van der Waals surface area (Å²) < 4.78 is 0. The Morgan fingerprint density at radius 1 is 1.14 bits per heavy atom. The van der Waals surface area contributed by atoms with Crippen molar-refractivity contribution in [1.82, 2.24) is 0 Å². The van der Waals surface area contributed by atoms with E-state index in [1.54, 1.807) is 24.3 Å². The minimum Gasteiger partial charge on any atom is -0.481 e. The van der Waals surface area contributed by atoms with Crippen molar-refractivity contribution < 1.29 is 19.5 Å². The lowest BCUT2D eigenvalue weighted by atomic mass is 9.78. The zero-order valence-electron chi connectivity index (χ0n) is 12.0. The molecule has 0 radical (unpaired) electrons. The van der Waals surface area contributed by atoms with E-state index in [1.165, 1.54) is 6.92 Å². The molecule has 5 nitrogen and oxygen atoms in total. The number of anilines is 1. The van der Waals surface area contributed by atoms with Crippen LogP contribution in [0, 0.1) is 11.8 Å². The molecular weight excluding hydrogens is 270 g/mol. The van der Waals surface area contributed by atoms with Crippen molar-refractivity contribution in [2.45, 2.75) is 32.6 Å². The number of hydrogen-bond donors (Lipinski definition) is 2. The molecular formula is C16H19NO4. The van der Waals surface area contributed by atoms with E-state index >= 15 is 0 Å². The Hall–Kier alpha value is -2.17. The molecule has 2 rings (SSSR count). The summed E-state index contributed by atoms with van der Waals surface area (Å²) in [4.78, 5) is 34.9. The maximum atomic E-state index is 12.3. The van der Waals surface area contributed by atoms with Gasteiger partial charge in [0.1, 0.15) is 0 Å². The fourth-order valence-electron chi connectivity index (χ4n) is 2.79. The minimum atomic E-state index is -0.910. The maximum absolute atomic E-state index is 12.3. The second-order valence-corrected chi connectivity index (χ2v) is 5.46. The summed E-state index contributed by atoms with van der Waals surface area (Å²) in [7, 11) is 0. The molecule has 0 heterocycles. The molecule has 2 atom stereocenters. The van der Waals surface area contributed by atoms with Crippen LogP contribution in [0.3, 0.4) is 0 Å². The van der Waals surface area contributed by atoms with Crippen LogP contribution in [0.25, 0.3) is 0 Å². The van der Waals surface area contributed by atoms with Crippen LogP contribution in [-0.4, -0.2) is 22.8 Å². The van der Waals surface area contributed by atoms with Crippen molar-refractivity contribution in [3.8, 4) is 0 Å². The van der Waals surface area contributed by atoms with E-state index in [0.717, 1.165) is 12.8 Å². The number of carboxylic acid groups (broad SMARTS) is 1. The van der Waals surface area contributed by atoms with E-state index in [0.29, 0.717) is 24.1 Å². The maximum Gasteiger partial charge on any atom is 0.307 e. The number of benzene rings is 1. The lowest BCUT2D eigenvalue weighted by molar-refractivity contribution is -0.147. The fourth-order valence-corrected chi connectivity index (χ4v) is 2.79. The molecule has 1 aromatic carbocycles. The first-order chi connectivity index (χ1) is 9.99. The van der Waals surface area contributed by atoms with E-state index in [9.17, 15) is 19.5 Å². The number of aliphatic carboxylic acids is 1. The third-order valence-corrected chi connectivity index (χ3v) is 3.96. The molecule has 112 valence electrons. The van der Waals surface area contributed by atoms with Crippen LogP contribution in [0.4, 0.5) is 5.69 Å². The van der Waals surface area contributed by atoms with Gasteiger partial charge >= 0.3 is 5.97 Å². The van der Waals surface area contributed by atoms with E-state index in [2.05, 4.69) is 5.32 Å². The topological polar surface area (TPSA) is 83.5 Å². The Kier molecular flexibility index (Phi) is 4.73. The molecule has 1 aromatic rings. The number of carboxylic acids is 1. The van der Waals surface area contributed by atoms with Crippen LogP contribution in [0.2, 0.25) is 0 Å². The van der Waals surface area contributed by atoms with Crippen LogP contribution in [-0.2, 0) is 9.59 Å².